The lowest BCUT2D eigenvalue weighted by Crippen LogP contribution is -2.45. The summed E-state index contributed by atoms with van der Waals surface area (Å²) in [6.45, 7) is 4.12. The fourth-order valence-corrected chi connectivity index (χ4v) is 1.87. The van der Waals surface area contributed by atoms with Crippen molar-refractivity contribution in [1.29, 1.82) is 0 Å². The van der Waals surface area contributed by atoms with Gasteiger partial charge in [0.15, 0.2) is 0 Å². The second kappa shape index (κ2) is 4.63. The van der Waals surface area contributed by atoms with Gasteiger partial charge in [0.1, 0.15) is 5.69 Å². The molecule has 0 saturated heterocycles. The molecule has 18 heavy (non-hydrogen) atoms. The van der Waals surface area contributed by atoms with Crippen LogP contribution in [0.2, 0.25) is 5.02 Å². The normalized spacial score (nSPS) is 11.8. The minimum Gasteiger partial charge on any atom is -0.349 e. The molecule has 0 bridgehead atoms. The van der Waals surface area contributed by atoms with E-state index in [1.54, 1.807) is 12.1 Å². The van der Waals surface area contributed by atoms with E-state index in [0.29, 0.717) is 17.3 Å². The maximum atomic E-state index is 11.9. The minimum absolute atomic E-state index is 0.180. The summed E-state index contributed by atoms with van der Waals surface area (Å²) in [6, 6.07) is 7.32. The number of nitrogens with one attached hydrogen (secondary N) is 2. The third-order valence-corrected chi connectivity index (χ3v) is 2.87. The number of aromatic nitrogens is 1. The van der Waals surface area contributed by atoms with Crippen LogP contribution in [0, 0.1) is 0 Å². The zero-order valence-corrected chi connectivity index (χ0v) is 11.1. The number of benzene rings is 1. The van der Waals surface area contributed by atoms with Crippen molar-refractivity contribution in [3.63, 3.8) is 0 Å². The van der Waals surface area contributed by atoms with Crippen molar-refractivity contribution in [2.75, 3.05) is 6.54 Å². The molecule has 2 rings (SSSR count). The van der Waals surface area contributed by atoms with Crippen LogP contribution in [0.4, 0.5) is 0 Å². The molecule has 0 radical (unpaired) electrons. The third-order valence-electron chi connectivity index (χ3n) is 2.55. The number of hydrogen-bond acceptors (Lipinski definition) is 2. The molecular weight excluding hydrogens is 250 g/mol. The third kappa shape index (κ3) is 2.83. The first-order valence-corrected chi connectivity index (χ1v) is 6.09. The molecule has 0 atom stereocenters. The van der Waals surface area contributed by atoms with Gasteiger partial charge in [0.25, 0.3) is 5.91 Å². The first kappa shape index (κ1) is 12.9. The molecule has 4 nitrogen and oxygen atoms in total. The number of carbonyl (C=O) groups is 1. The second-order valence-corrected chi connectivity index (χ2v) is 5.47. The molecule has 2 aromatic rings. The topological polar surface area (TPSA) is 70.9 Å². The van der Waals surface area contributed by atoms with Gasteiger partial charge in [0, 0.05) is 17.5 Å². The summed E-state index contributed by atoms with van der Waals surface area (Å²) in [7, 11) is 0. The van der Waals surface area contributed by atoms with Gasteiger partial charge in [0.2, 0.25) is 0 Å². The molecule has 0 saturated carbocycles. The fraction of sp³-hybridized carbons (Fsp3) is 0.308. The van der Waals surface area contributed by atoms with E-state index in [9.17, 15) is 4.79 Å². The van der Waals surface area contributed by atoms with Crippen LogP contribution >= 0.6 is 11.6 Å². The van der Waals surface area contributed by atoms with Crippen LogP contribution in [0.25, 0.3) is 10.9 Å². The van der Waals surface area contributed by atoms with E-state index in [4.69, 9.17) is 17.3 Å². The first-order valence-electron chi connectivity index (χ1n) is 5.71. The van der Waals surface area contributed by atoms with E-state index in [1.165, 1.54) is 0 Å². The molecule has 0 aliphatic carbocycles. The molecule has 1 amide bonds. The first-order chi connectivity index (χ1) is 8.37. The van der Waals surface area contributed by atoms with Crippen molar-refractivity contribution in [2.24, 2.45) is 5.73 Å². The van der Waals surface area contributed by atoms with Crippen LogP contribution in [-0.4, -0.2) is 23.0 Å². The van der Waals surface area contributed by atoms with Crippen molar-refractivity contribution in [2.45, 2.75) is 19.4 Å². The highest BCUT2D eigenvalue weighted by molar-refractivity contribution is 6.35. The Kier molecular flexibility index (Phi) is 3.32. The highest BCUT2D eigenvalue weighted by atomic mass is 35.5. The molecule has 0 aliphatic heterocycles. The average Bonchev–Trinajstić information content (AvgIpc) is 2.70. The maximum absolute atomic E-state index is 11.9. The van der Waals surface area contributed by atoms with Gasteiger partial charge in [-0.3, -0.25) is 4.79 Å². The molecule has 0 fully saturated rings. The molecule has 5 heteroatoms. The number of amides is 1. The summed E-state index contributed by atoms with van der Waals surface area (Å²) in [5, 5.41) is 4.30. The molecule has 1 heterocycles. The van der Waals surface area contributed by atoms with Crippen molar-refractivity contribution >= 4 is 28.4 Å². The lowest BCUT2D eigenvalue weighted by atomic mass is 10.1. The summed E-state index contributed by atoms with van der Waals surface area (Å²) >= 11 is 6.04. The van der Waals surface area contributed by atoms with Crippen molar-refractivity contribution in [1.82, 2.24) is 10.3 Å². The quantitative estimate of drug-likeness (QED) is 0.797. The Morgan fingerprint density at radius 1 is 1.50 bits per heavy atom. The average molecular weight is 266 g/mol. The number of fused-ring (bicyclic) bond motifs is 1. The largest absolute Gasteiger partial charge is 0.349 e. The Hall–Kier alpha value is -1.52. The number of carbonyl (C=O) groups excluding carboxylic acids is 1. The Labute approximate surface area is 111 Å². The smallest absolute Gasteiger partial charge is 0.267 e. The molecule has 4 N–H and O–H groups in total. The zero-order chi connectivity index (χ0) is 13.3. The van der Waals surface area contributed by atoms with Gasteiger partial charge in [0.05, 0.1) is 10.5 Å². The number of nitrogens with two attached hydrogens (primary N) is 1. The van der Waals surface area contributed by atoms with E-state index in [-0.39, 0.29) is 5.91 Å². The SMILES string of the molecule is CC(C)(N)CNC(=O)c1cc2cccc(Cl)c2[nH]1. The molecule has 1 aromatic carbocycles. The lowest BCUT2D eigenvalue weighted by Gasteiger charge is -2.18. The predicted molar refractivity (Wildman–Crippen MR) is 73.9 cm³/mol. The molecule has 96 valence electrons. The maximum Gasteiger partial charge on any atom is 0.267 e. The number of rotatable bonds is 3. The molecule has 0 aliphatic rings. The highest BCUT2D eigenvalue weighted by Gasteiger charge is 2.15. The summed E-state index contributed by atoms with van der Waals surface area (Å²) in [6.07, 6.45) is 0. The van der Waals surface area contributed by atoms with Crippen molar-refractivity contribution in [3.8, 4) is 0 Å². The molecule has 0 spiro atoms. The van der Waals surface area contributed by atoms with Crippen LogP contribution in [0.15, 0.2) is 24.3 Å². The van der Waals surface area contributed by atoms with Gasteiger partial charge in [-0.2, -0.15) is 0 Å². The van der Waals surface area contributed by atoms with Gasteiger partial charge < -0.3 is 16.0 Å². The van der Waals surface area contributed by atoms with Gasteiger partial charge in [-0.15, -0.1) is 0 Å². The van der Waals surface area contributed by atoms with Gasteiger partial charge in [-0.05, 0) is 26.0 Å². The molecule has 0 unspecified atom stereocenters. The van der Waals surface area contributed by atoms with Crippen molar-refractivity contribution < 1.29 is 4.79 Å². The number of aromatic amines is 1. The molecule has 1 aromatic heterocycles. The number of H-pyrrole nitrogens is 1. The Bertz CT molecular complexity index is 583. The monoisotopic (exact) mass is 265 g/mol. The Balaban J connectivity index is 2.21. The number of hydrogen-bond donors (Lipinski definition) is 3. The summed E-state index contributed by atoms with van der Waals surface area (Å²) in [5.74, 6) is -0.180. The second-order valence-electron chi connectivity index (χ2n) is 5.06. The summed E-state index contributed by atoms with van der Waals surface area (Å²) in [4.78, 5) is 14.9. The van der Waals surface area contributed by atoms with Crippen LogP contribution in [0.1, 0.15) is 24.3 Å². The van der Waals surface area contributed by atoms with E-state index in [0.717, 1.165) is 10.9 Å². The lowest BCUT2D eigenvalue weighted by molar-refractivity contribution is 0.0942. The van der Waals surface area contributed by atoms with Crippen molar-refractivity contribution in [3.05, 3.63) is 35.0 Å². The van der Waals surface area contributed by atoms with E-state index in [2.05, 4.69) is 10.3 Å². The zero-order valence-electron chi connectivity index (χ0n) is 10.4. The highest BCUT2D eigenvalue weighted by Crippen LogP contribution is 2.23. The summed E-state index contributed by atoms with van der Waals surface area (Å²) < 4.78 is 0. The van der Waals surface area contributed by atoms with Gasteiger partial charge >= 0.3 is 0 Å². The Morgan fingerprint density at radius 3 is 2.83 bits per heavy atom. The number of halogens is 1. The van der Waals surface area contributed by atoms with Crippen LogP contribution in [-0.2, 0) is 0 Å². The van der Waals surface area contributed by atoms with E-state index < -0.39 is 5.54 Å². The van der Waals surface area contributed by atoms with E-state index >= 15 is 0 Å². The van der Waals surface area contributed by atoms with Crippen LogP contribution < -0.4 is 11.1 Å². The Morgan fingerprint density at radius 2 is 2.22 bits per heavy atom. The van der Waals surface area contributed by atoms with Crippen LogP contribution in [0.3, 0.4) is 0 Å². The van der Waals surface area contributed by atoms with Gasteiger partial charge in [-0.25, -0.2) is 0 Å². The standard InChI is InChI=1S/C13H16ClN3O/c1-13(2,15)7-16-12(18)10-6-8-4-3-5-9(14)11(8)17-10/h3-6,17H,7,15H2,1-2H3,(H,16,18). The van der Waals surface area contributed by atoms with Crippen LogP contribution in [0.5, 0.6) is 0 Å². The minimum atomic E-state index is -0.431. The summed E-state index contributed by atoms with van der Waals surface area (Å²) in [5.41, 5.74) is 6.65. The number of para-hydroxylation sites is 1. The predicted octanol–water partition coefficient (Wildman–Crippen LogP) is 2.29. The van der Waals surface area contributed by atoms with E-state index in [1.807, 2.05) is 26.0 Å². The fourth-order valence-electron chi connectivity index (χ4n) is 1.64. The van der Waals surface area contributed by atoms with Gasteiger partial charge in [-0.1, -0.05) is 23.7 Å². The molecular formula is C13H16ClN3O.